The molecule has 0 aliphatic heterocycles. The number of azo groups is 1. The van der Waals surface area contributed by atoms with E-state index in [2.05, 4.69) is 56.1 Å². The van der Waals surface area contributed by atoms with Crippen molar-refractivity contribution in [2.24, 2.45) is 16.1 Å². The number of benzene rings is 2. The Balaban J connectivity index is 1.32. The van der Waals surface area contributed by atoms with Gasteiger partial charge in [-0.25, -0.2) is 10.9 Å². The molecule has 5 aromatic rings. The number of rotatable bonds is 11. The van der Waals surface area contributed by atoms with Crippen molar-refractivity contribution in [1.82, 2.24) is 34.5 Å². The zero-order valence-corrected chi connectivity index (χ0v) is 28.0. The minimum Gasteiger partial charge on any atom is -0.494 e. The summed E-state index contributed by atoms with van der Waals surface area (Å²) in [6.07, 6.45) is 0. The second-order valence-corrected chi connectivity index (χ2v) is 11.1. The van der Waals surface area contributed by atoms with E-state index in [-0.39, 0.29) is 47.2 Å². The maximum Gasteiger partial charge on any atom is 0.281 e. The molecule has 0 saturated carbocycles. The first kappa shape index (κ1) is 34.1. The lowest BCUT2D eigenvalue weighted by atomic mass is 10.1. The molecule has 0 amide bonds. The summed E-state index contributed by atoms with van der Waals surface area (Å²) in [5.41, 5.74) is 4.65. The Morgan fingerprint density at radius 2 is 1.44 bits per heavy atom. The molecular weight excluding hydrogens is 661 g/mol. The molecule has 3 aromatic heterocycles. The number of nitrogens with zero attached hydrogens (tertiary/aromatic N) is 9. The van der Waals surface area contributed by atoms with Gasteiger partial charge in [-0.2, -0.15) is 30.0 Å². The molecule has 248 valence electrons. The number of pyridine rings is 1. The zero-order valence-electron chi connectivity index (χ0n) is 26.5. The van der Waals surface area contributed by atoms with Gasteiger partial charge in [-0.15, -0.1) is 5.11 Å². The second kappa shape index (κ2) is 14.6. The summed E-state index contributed by atoms with van der Waals surface area (Å²) in [6.45, 7) is 8.99. The van der Waals surface area contributed by atoms with Crippen molar-refractivity contribution in [2.75, 3.05) is 16.0 Å². The Morgan fingerprint density at radius 1 is 0.833 bits per heavy atom. The van der Waals surface area contributed by atoms with E-state index in [0.29, 0.717) is 34.3 Å². The van der Waals surface area contributed by atoms with Crippen molar-refractivity contribution in [3.63, 3.8) is 0 Å². The summed E-state index contributed by atoms with van der Waals surface area (Å²) in [4.78, 5) is 42.8. The molecule has 0 radical (unpaired) electrons. The van der Waals surface area contributed by atoms with E-state index < -0.39 is 5.56 Å². The second-order valence-electron chi connectivity index (χ2n) is 10.5. The Labute approximate surface area is 284 Å². The van der Waals surface area contributed by atoms with E-state index >= 15 is 0 Å². The topological polar surface area (TPSA) is 216 Å². The van der Waals surface area contributed by atoms with Gasteiger partial charge in [-0.3, -0.25) is 14.2 Å². The number of halogens is 2. The first-order valence-corrected chi connectivity index (χ1v) is 15.2. The van der Waals surface area contributed by atoms with Gasteiger partial charge >= 0.3 is 0 Å². The van der Waals surface area contributed by atoms with Gasteiger partial charge in [-0.1, -0.05) is 0 Å². The number of aromatic hydroxyl groups is 1. The fraction of sp³-hybridized carbons (Fsp3) is 0.233. The molecule has 48 heavy (non-hydrogen) atoms. The van der Waals surface area contributed by atoms with Crippen molar-refractivity contribution in [3.05, 3.63) is 85.4 Å². The van der Waals surface area contributed by atoms with E-state index in [1.165, 1.54) is 4.57 Å². The van der Waals surface area contributed by atoms with Gasteiger partial charge in [0.05, 0.1) is 12.3 Å². The van der Waals surface area contributed by atoms with E-state index in [1.54, 1.807) is 32.9 Å². The molecule has 3 heterocycles. The number of nitrogens with one attached hydrogen (secondary N) is 3. The van der Waals surface area contributed by atoms with Crippen molar-refractivity contribution >= 4 is 69.5 Å². The number of nitrogens with two attached hydrogens (primary N) is 1. The highest BCUT2D eigenvalue weighted by Gasteiger charge is 2.19. The van der Waals surface area contributed by atoms with Crippen LogP contribution in [0.3, 0.4) is 0 Å². The van der Waals surface area contributed by atoms with Gasteiger partial charge in [0, 0.05) is 29.2 Å². The molecule has 0 atom stereocenters. The molecule has 18 heteroatoms. The van der Waals surface area contributed by atoms with Gasteiger partial charge in [0.25, 0.3) is 5.56 Å². The number of anilines is 6. The minimum atomic E-state index is -0.480. The highest BCUT2D eigenvalue weighted by Crippen LogP contribution is 2.30. The van der Waals surface area contributed by atoms with Crippen LogP contribution in [-0.2, 0) is 18.0 Å². The molecule has 0 fully saturated rings. The minimum absolute atomic E-state index is 0.0171. The normalized spacial score (nSPS) is 11.2. The summed E-state index contributed by atoms with van der Waals surface area (Å²) in [5.74, 6) is 6.28. The third kappa shape index (κ3) is 7.80. The lowest BCUT2D eigenvalue weighted by Crippen LogP contribution is -2.22. The zero-order chi connectivity index (χ0) is 34.5. The summed E-state index contributed by atoms with van der Waals surface area (Å²) in [7, 11) is 0. The molecule has 0 aliphatic rings. The third-order valence-corrected chi connectivity index (χ3v) is 7.43. The fourth-order valence-corrected chi connectivity index (χ4v) is 5.06. The largest absolute Gasteiger partial charge is 0.494 e. The van der Waals surface area contributed by atoms with Crippen LogP contribution in [0.2, 0.25) is 10.6 Å². The molecule has 0 spiro atoms. The van der Waals surface area contributed by atoms with Crippen LogP contribution in [0.25, 0.3) is 0 Å². The Morgan fingerprint density at radius 3 is 2.04 bits per heavy atom. The number of hydrogen-bond donors (Lipinski definition) is 5. The SMILES string of the molecule is CCn1c(O)c(CON)c(C)c(N=Nc2ccc(Nc3nc(Cl)nc(Nc4ccc(Nc5nc(C)nc(Cl)n5)cc4C)n3)cc2C)c1=O. The van der Waals surface area contributed by atoms with Crippen LogP contribution in [0.1, 0.15) is 35.0 Å². The van der Waals surface area contributed by atoms with E-state index in [0.717, 1.165) is 22.5 Å². The van der Waals surface area contributed by atoms with Gasteiger partial charge in [-0.05, 0) is 111 Å². The number of hydrogen-bond acceptors (Lipinski definition) is 15. The Kier molecular flexibility index (Phi) is 10.4. The first-order chi connectivity index (χ1) is 22.9. The van der Waals surface area contributed by atoms with Crippen LogP contribution < -0.4 is 27.4 Å². The molecule has 6 N–H and O–H groups in total. The predicted octanol–water partition coefficient (Wildman–Crippen LogP) is 6.52. The molecular formula is C30H31Cl2N13O3. The van der Waals surface area contributed by atoms with Crippen molar-refractivity contribution < 1.29 is 9.94 Å². The highest BCUT2D eigenvalue weighted by molar-refractivity contribution is 6.28. The third-order valence-electron chi connectivity index (χ3n) is 7.09. The van der Waals surface area contributed by atoms with Gasteiger partial charge in [0.2, 0.25) is 28.4 Å². The average Bonchev–Trinajstić information content (AvgIpc) is 3.01. The summed E-state index contributed by atoms with van der Waals surface area (Å²) >= 11 is 12.2. The molecule has 0 saturated heterocycles. The maximum absolute atomic E-state index is 13.0. The van der Waals surface area contributed by atoms with Crippen LogP contribution >= 0.6 is 23.2 Å². The van der Waals surface area contributed by atoms with Gasteiger partial charge < -0.3 is 21.1 Å². The lowest BCUT2D eigenvalue weighted by Gasteiger charge is -2.14. The Bertz CT molecular complexity index is 2070. The maximum atomic E-state index is 13.0. The quantitative estimate of drug-likeness (QED) is 0.0737. The first-order valence-electron chi connectivity index (χ1n) is 14.5. The predicted molar refractivity (Wildman–Crippen MR) is 183 cm³/mol. The van der Waals surface area contributed by atoms with Crippen molar-refractivity contribution in [2.45, 2.75) is 47.8 Å². The summed E-state index contributed by atoms with van der Waals surface area (Å²) < 4.78 is 1.18. The summed E-state index contributed by atoms with van der Waals surface area (Å²) in [6, 6.07) is 10.9. The van der Waals surface area contributed by atoms with Crippen molar-refractivity contribution in [1.29, 1.82) is 0 Å². The Hall–Kier alpha value is -5.29. The standard InChI is InChI=1S/C30H31Cl2N13O3/c1-6-45-24(46)20(13-48-33)16(4)23(25(45)47)44-43-22-10-8-19(12-15(22)3)37-29-40-27(32)41-30(42-29)38-21-9-7-18(11-14(21)2)36-28-35-17(5)34-26(31)39-28/h7-12,46H,6,13,33H2,1-5H3,(H,34,35,36,39)(H2,37,38,40,41,42). The lowest BCUT2D eigenvalue weighted by molar-refractivity contribution is 0.120. The molecule has 5 rings (SSSR count). The van der Waals surface area contributed by atoms with E-state index in [4.69, 9.17) is 33.9 Å². The van der Waals surface area contributed by atoms with Crippen LogP contribution in [0, 0.1) is 27.7 Å². The van der Waals surface area contributed by atoms with Gasteiger partial charge in [0.1, 0.15) is 5.82 Å². The van der Waals surface area contributed by atoms with Crippen LogP contribution in [-0.4, -0.2) is 39.6 Å². The van der Waals surface area contributed by atoms with E-state index in [1.807, 2.05) is 38.1 Å². The highest BCUT2D eigenvalue weighted by atomic mass is 35.5. The molecule has 0 bridgehead atoms. The molecule has 16 nitrogen and oxygen atoms in total. The number of aryl methyl sites for hydroxylation is 3. The smallest absolute Gasteiger partial charge is 0.281 e. The molecule has 2 aromatic carbocycles. The van der Waals surface area contributed by atoms with Crippen LogP contribution in [0.4, 0.5) is 46.3 Å². The van der Waals surface area contributed by atoms with Crippen molar-refractivity contribution in [3.8, 4) is 5.88 Å². The van der Waals surface area contributed by atoms with E-state index in [9.17, 15) is 9.90 Å². The molecule has 0 unspecified atom stereocenters. The monoisotopic (exact) mass is 691 g/mol. The summed E-state index contributed by atoms with van der Waals surface area (Å²) in [5, 5.41) is 28.5. The molecule has 0 aliphatic carbocycles. The average molecular weight is 693 g/mol. The van der Waals surface area contributed by atoms with Crippen LogP contribution in [0.5, 0.6) is 5.88 Å². The van der Waals surface area contributed by atoms with Gasteiger partial charge in [0.15, 0.2) is 11.6 Å². The fourth-order valence-electron chi connectivity index (χ4n) is 4.70. The number of aromatic nitrogens is 7. The van der Waals surface area contributed by atoms with Crippen LogP contribution in [0.15, 0.2) is 51.4 Å².